The second-order valence-corrected chi connectivity index (χ2v) is 8.38. The summed E-state index contributed by atoms with van der Waals surface area (Å²) < 4.78 is 91.8. The average molecular weight is 558 g/mol. The average Bonchev–Trinajstić information content (AvgIpc) is 2.72. The Morgan fingerprint density at radius 3 is 2.10 bits per heavy atom. The molecule has 2 nitrogen and oxygen atoms in total. The van der Waals surface area contributed by atoms with E-state index in [1.807, 2.05) is 30.3 Å². The topological polar surface area (TPSA) is 18.5 Å². The lowest BCUT2D eigenvalue weighted by molar-refractivity contribution is -0.207. The molecule has 0 aromatic heterocycles. The van der Waals surface area contributed by atoms with Crippen LogP contribution in [0, 0.1) is 5.92 Å². The largest absolute Gasteiger partial charge is 0.416 e. The molecule has 0 amide bonds. The van der Waals surface area contributed by atoms with Gasteiger partial charge in [0.2, 0.25) is 0 Å². The Hall–Kier alpha value is -1.33. The molecule has 0 N–H and O–H groups in total. The van der Waals surface area contributed by atoms with E-state index in [0.717, 1.165) is 16.4 Å². The fraction of sp³-hybridized carbons (Fsp3) is 0.455. The highest BCUT2D eigenvalue weighted by atomic mass is 127. The Morgan fingerprint density at radius 2 is 1.58 bits per heavy atom. The second-order valence-electron chi connectivity index (χ2n) is 7.50. The molecule has 4 atom stereocenters. The van der Waals surface area contributed by atoms with Crippen molar-refractivity contribution in [3.05, 3.63) is 70.8 Å². The van der Waals surface area contributed by atoms with Gasteiger partial charge in [0.05, 0.1) is 23.8 Å². The van der Waals surface area contributed by atoms with E-state index in [4.69, 9.17) is 9.47 Å². The van der Waals surface area contributed by atoms with Gasteiger partial charge in [-0.25, -0.2) is 0 Å². The van der Waals surface area contributed by atoms with E-state index in [0.29, 0.717) is 18.7 Å². The molecule has 9 heteroatoms. The third kappa shape index (κ3) is 5.92. The van der Waals surface area contributed by atoms with Gasteiger partial charge in [0, 0.05) is 10.3 Å². The molecular weight excluding hydrogens is 537 g/mol. The Morgan fingerprint density at radius 1 is 1.00 bits per heavy atom. The first-order chi connectivity index (χ1) is 14.5. The quantitative estimate of drug-likeness (QED) is 0.217. The molecule has 2 aromatic carbocycles. The monoisotopic (exact) mass is 558 g/mol. The van der Waals surface area contributed by atoms with Crippen LogP contribution in [0.25, 0.3) is 0 Å². The molecule has 2 aromatic rings. The van der Waals surface area contributed by atoms with Crippen LogP contribution in [0.1, 0.15) is 47.6 Å². The first-order valence-electron chi connectivity index (χ1n) is 9.68. The summed E-state index contributed by atoms with van der Waals surface area (Å²) in [6.07, 6.45) is -10.8. The highest BCUT2D eigenvalue weighted by Crippen LogP contribution is 2.41. The van der Waals surface area contributed by atoms with Crippen molar-refractivity contribution in [3.63, 3.8) is 0 Å². The summed E-state index contributed by atoms with van der Waals surface area (Å²) in [6.45, 7) is 1.85. The van der Waals surface area contributed by atoms with Gasteiger partial charge in [-0.2, -0.15) is 26.3 Å². The number of hydrogen-bond acceptors (Lipinski definition) is 2. The summed E-state index contributed by atoms with van der Waals surface area (Å²) in [5.74, 6) is 0.0309. The normalized spacial score (nSPS) is 23.5. The Bertz CT molecular complexity index is 836. The van der Waals surface area contributed by atoms with Crippen molar-refractivity contribution in [1.82, 2.24) is 0 Å². The van der Waals surface area contributed by atoms with Crippen molar-refractivity contribution in [3.8, 4) is 0 Å². The Labute approximate surface area is 190 Å². The maximum absolute atomic E-state index is 13.2. The summed E-state index contributed by atoms with van der Waals surface area (Å²) in [5.41, 5.74) is -1.96. The first-order valence-corrected chi connectivity index (χ1v) is 11.2. The zero-order chi connectivity index (χ0) is 22.8. The van der Waals surface area contributed by atoms with Crippen molar-refractivity contribution < 1.29 is 35.8 Å². The highest BCUT2D eigenvalue weighted by molar-refractivity contribution is 14.1. The second kappa shape index (κ2) is 9.66. The van der Waals surface area contributed by atoms with Gasteiger partial charge in [0.1, 0.15) is 0 Å². The van der Waals surface area contributed by atoms with Gasteiger partial charge in [-0.3, -0.25) is 0 Å². The van der Waals surface area contributed by atoms with Crippen LogP contribution < -0.4 is 0 Å². The lowest BCUT2D eigenvalue weighted by Gasteiger charge is -2.39. The molecule has 31 heavy (non-hydrogen) atoms. The third-order valence-corrected chi connectivity index (χ3v) is 6.50. The third-order valence-electron chi connectivity index (χ3n) is 5.37. The van der Waals surface area contributed by atoms with Gasteiger partial charge in [-0.05, 0) is 48.6 Å². The molecular formula is C22H21F6IO2. The Balaban J connectivity index is 1.92. The minimum absolute atomic E-state index is 0.117. The van der Waals surface area contributed by atoms with Crippen molar-refractivity contribution in [2.75, 3.05) is 11.0 Å². The van der Waals surface area contributed by atoms with Crippen LogP contribution in [0.4, 0.5) is 26.3 Å². The van der Waals surface area contributed by atoms with Crippen molar-refractivity contribution in [2.24, 2.45) is 5.92 Å². The number of rotatable bonds is 5. The molecule has 4 unspecified atom stereocenters. The molecule has 1 saturated heterocycles. The molecule has 0 radical (unpaired) electrons. The van der Waals surface area contributed by atoms with Gasteiger partial charge in [0.25, 0.3) is 0 Å². The van der Waals surface area contributed by atoms with E-state index in [-0.39, 0.29) is 23.5 Å². The van der Waals surface area contributed by atoms with E-state index >= 15 is 0 Å². The minimum atomic E-state index is -4.91. The zero-order valence-electron chi connectivity index (χ0n) is 16.5. The molecule has 1 fully saturated rings. The van der Waals surface area contributed by atoms with Gasteiger partial charge in [-0.15, -0.1) is 0 Å². The van der Waals surface area contributed by atoms with Gasteiger partial charge in [0.15, 0.2) is 6.29 Å². The number of alkyl halides is 7. The number of hydrogen-bond donors (Lipinski definition) is 0. The summed E-state index contributed by atoms with van der Waals surface area (Å²) >= 11 is 2.27. The molecule has 3 rings (SSSR count). The van der Waals surface area contributed by atoms with Crippen molar-refractivity contribution in [1.29, 1.82) is 0 Å². The van der Waals surface area contributed by atoms with Crippen LogP contribution in [-0.2, 0) is 21.8 Å². The molecule has 0 aliphatic carbocycles. The maximum atomic E-state index is 13.2. The van der Waals surface area contributed by atoms with Crippen molar-refractivity contribution in [2.45, 2.75) is 44.0 Å². The van der Waals surface area contributed by atoms with Crippen LogP contribution in [0.15, 0.2) is 48.5 Å². The van der Waals surface area contributed by atoms with E-state index in [1.54, 1.807) is 0 Å². The van der Waals surface area contributed by atoms with Crippen LogP contribution in [0.3, 0.4) is 0 Å². The van der Waals surface area contributed by atoms with Crippen LogP contribution in [0.5, 0.6) is 0 Å². The molecule has 0 spiro atoms. The molecule has 1 heterocycles. The first kappa shape index (κ1) is 24.3. The van der Waals surface area contributed by atoms with Crippen LogP contribution in [0.2, 0.25) is 0 Å². The predicted molar refractivity (Wildman–Crippen MR) is 112 cm³/mol. The summed E-state index contributed by atoms with van der Waals surface area (Å²) in [5, 5.41) is 0. The van der Waals surface area contributed by atoms with E-state index < -0.39 is 35.9 Å². The van der Waals surface area contributed by atoms with Gasteiger partial charge >= 0.3 is 12.4 Å². The molecule has 0 saturated carbocycles. The lowest BCUT2D eigenvalue weighted by Crippen LogP contribution is -2.38. The van der Waals surface area contributed by atoms with Crippen LogP contribution >= 0.6 is 22.6 Å². The predicted octanol–water partition coefficient (Wildman–Crippen LogP) is 7.38. The Kier molecular flexibility index (Phi) is 7.58. The molecule has 1 aliphatic rings. The van der Waals surface area contributed by atoms with Crippen LogP contribution in [-0.4, -0.2) is 17.3 Å². The SMILES string of the molecule is CC(OC1OCCC(CI)C1c1ccccc1)c1cc(C(F)(F)F)cc(C(F)(F)F)c1. The fourth-order valence-corrected chi connectivity index (χ4v) is 4.72. The summed E-state index contributed by atoms with van der Waals surface area (Å²) in [4.78, 5) is 0. The number of ether oxygens (including phenoxy) is 2. The number of benzene rings is 2. The van der Waals surface area contributed by atoms with E-state index in [9.17, 15) is 26.3 Å². The number of halogens is 7. The van der Waals surface area contributed by atoms with Gasteiger partial charge < -0.3 is 9.47 Å². The summed E-state index contributed by atoms with van der Waals surface area (Å²) in [6, 6.07) is 11.0. The minimum Gasteiger partial charge on any atom is -0.352 e. The standard InChI is InChI=1S/C22H21F6IO2/c1-13(16-9-17(21(23,24)25)11-18(10-16)22(26,27)28)31-20-19(14-5-3-2-4-6-14)15(12-29)7-8-30-20/h2-6,9-11,13,15,19-20H,7-8,12H2,1H3. The molecule has 0 bridgehead atoms. The lowest BCUT2D eigenvalue weighted by atomic mass is 9.83. The highest BCUT2D eigenvalue weighted by Gasteiger charge is 2.39. The zero-order valence-corrected chi connectivity index (χ0v) is 18.7. The molecule has 1 aliphatic heterocycles. The fourth-order valence-electron chi connectivity index (χ4n) is 3.74. The smallest absolute Gasteiger partial charge is 0.352 e. The van der Waals surface area contributed by atoms with Gasteiger partial charge in [-0.1, -0.05) is 52.9 Å². The summed E-state index contributed by atoms with van der Waals surface area (Å²) in [7, 11) is 0. The molecule has 170 valence electrons. The van der Waals surface area contributed by atoms with E-state index in [2.05, 4.69) is 22.6 Å². The maximum Gasteiger partial charge on any atom is 0.416 e. The van der Waals surface area contributed by atoms with Crippen molar-refractivity contribution >= 4 is 22.6 Å². The van der Waals surface area contributed by atoms with E-state index in [1.165, 1.54) is 6.92 Å².